The van der Waals surface area contributed by atoms with Crippen molar-refractivity contribution >= 4 is 16.0 Å². The molecule has 0 heterocycles. The van der Waals surface area contributed by atoms with Gasteiger partial charge in [-0.1, -0.05) is 18.6 Å². The summed E-state index contributed by atoms with van der Waals surface area (Å²) in [5, 5.41) is 6.37. The average molecular weight is 441 g/mol. The molecule has 0 spiro atoms. The zero-order valence-corrected chi connectivity index (χ0v) is 19.0. The molecule has 1 aromatic carbocycles. The molecule has 9 heteroatoms. The number of methoxy groups -OCH3 is 1. The summed E-state index contributed by atoms with van der Waals surface area (Å²) in [6, 6.07) is 7.72. The van der Waals surface area contributed by atoms with E-state index in [-0.39, 0.29) is 5.75 Å². The Bertz CT molecular complexity index is 734. The molecule has 0 aliphatic heterocycles. The maximum Gasteiger partial charge on any atom is 0.213 e. The minimum atomic E-state index is -3.29. The Labute approximate surface area is 180 Å². The lowest BCUT2D eigenvalue weighted by atomic mass is 9.86. The third kappa shape index (κ3) is 9.77. The van der Waals surface area contributed by atoms with Crippen molar-refractivity contribution in [3.05, 3.63) is 29.8 Å². The number of nitrogens with one attached hydrogen (secondary N) is 3. The van der Waals surface area contributed by atoms with Crippen molar-refractivity contribution in [3.8, 4) is 5.75 Å². The number of hydrogen-bond acceptors (Lipinski definition) is 5. The summed E-state index contributed by atoms with van der Waals surface area (Å²) in [6.07, 6.45) is 4.29. The van der Waals surface area contributed by atoms with Gasteiger partial charge in [-0.05, 0) is 49.8 Å². The predicted octanol–water partition coefficient (Wildman–Crippen LogP) is 1.88. The fraction of sp³-hybridized carbons (Fsp3) is 0.667. The molecule has 1 aliphatic carbocycles. The van der Waals surface area contributed by atoms with E-state index in [0.29, 0.717) is 51.3 Å². The number of ether oxygens (including phenoxy) is 2. The first-order valence-electron chi connectivity index (χ1n) is 10.7. The Kier molecular flexibility index (Phi) is 11.0. The first-order valence-corrected chi connectivity index (χ1v) is 12.4. The summed E-state index contributed by atoms with van der Waals surface area (Å²) >= 11 is 0. The second kappa shape index (κ2) is 13.5. The van der Waals surface area contributed by atoms with Crippen LogP contribution in [0.4, 0.5) is 0 Å². The Morgan fingerprint density at radius 2 is 1.90 bits per heavy atom. The zero-order chi connectivity index (χ0) is 21.7. The standard InChI is InChI=1S/C21H36N4O4S/c1-3-29-14-5-12-22-21(24-16-19-8-10-20(28-2)11-9-19)23-13-15-30(26,27)25-17-18-6-4-7-18/h8-11,18,25H,3-7,12-17H2,1-2H3,(H2,22,23,24). The Morgan fingerprint density at radius 1 is 1.17 bits per heavy atom. The largest absolute Gasteiger partial charge is 0.497 e. The molecule has 3 N–H and O–H groups in total. The number of hydrogen-bond donors (Lipinski definition) is 3. The molecule has 0 bridgehead atoms. The van der Waals surface area contributed by atoms with Crippen LogP contribution < -0.4 is 20.1 Å². The van der Waals surface area contributed by atoms with Crippen molar-refractivity contribution in [3.63, 3.8) is 0 Å². The van der Waals surface area contributed by atoms with Crippen LogP contribution in [0.5, 0.6) is 5.75 Å². The van der Waals surface area contributed by atoms with E-state index in [4.69, 9.17) is 9.47 Å². The van der Waals surface area contributed by atoms with Crippen LogP contribution in [0.15, 0.2) is 29.3 Å². The number of aliphatic imine (C=N–C) groups is 1. The van der Waals surface area contributed by atoms with Crippen molar-refractivity contribution in [1.82, 2.24) is 15.4 Å². The van der Waals surface area contributed by atoms with E-state index in [2.05, 4.69) is 20.3 Å². The summed E-state index contributed by atoms with van der Waals surface area (Å²) in [6.45, 7) is 5.36. The zero-order valence-electron chi connectivity index (χ0n) is 18.2. The van der Waals surface area contributed by atoms with Crippen LogP contribution in [-0.2, 0) is 21.3 Å². The van der Waals surface area contributed by atoms with E-state index in [1.807, 2.05) is 31.2 Å². The maximum atomic E-state index is 12.2. The van der Waals surface area contributed by atoms with Gasteiger partial charge in [-0.25, -0.2) is 18.1 Å². The lowest BCUT2D eigenvalue weighted by molar-refractivity contribution is 0.145. The molecule has 0 saturated heterocycles. The van der Waals surface area contributed by atoms with Gasteiger partial charge in [0, 0.05) is 32.8 Å². The fourth-order valence-corrected chi connectivity index (χ4v) is 3.92. The van der Waals surface area contributed by atoms with E-state index in [1.165, 1.54) is 6.42 Å². The van der Waals surface area contributed by atoms with Crippen molar-refractivity contribution in [2.75, 3.05) is 45.7 Å². The molecule has 2 rings (SSSR count). The van der Waals surface area contributed by atoms with Crippen LogP contribution in [0.25, 0.3) is 0 Å². The first-order chi connectivity index (χ1) is 14.5. The van der Waals surface area contributed by atoms with E-state index >= 15 is 0 Å². The molecule has 1 aromatic rings. The van der Waals surface area contributed by atoms with E-state index in [1.54, 1.807) is 7.11 Å². The van der Waals surface area contributed by atoms with Crippen molar-refractivity contribution in [2.45, 2.75) is 39.2 Å². The topological polar surface area (TPSA) is 101 Å². The third-order valence-electron chi connectivity index (χ3n) is 5.02. The molecule has 1 fully saturated rings. The SMILES string of the molecule is CCOCCCNC(=NCc1ccc(OC)cc1)NCCS(=O)(=O)NCC1CCC1. The lowest BCUT2D eigenvalue weighted by Crippen LogP contribution is -2.42. The van der Waals surface area contributed by atoms with Crippen molar-refractivity contribution in [1.29, 1.82) is 0 Å². The van der Waals surface area contributed by atoms with Gasteiger partial charge >= 0.3 is 0 Å². The molecule has 8 nitrogen and oxygen atoms in total. The molecule has 0 aromatic heterocycles. The number of sulfonamides is 1. The van der Waals surface area contributed by atoms with E-state index < -0.39 is 10.0 Å². The van der Waals surface area contributed by atoms with E-state index in [9.17, 15) is 8.42 Å². The summed E-state index contributed by atoms with van der Waals surface area (Å²) in [5.74, 6) is 1.91. The Hall–Kier alpha value is -1.84. The summed E-state index contributed by atoms with van der Waals surface area (Å²) < 4.78 is 37.6. The number of guanidine groups is 1. The molecule has 0 atom stereocenters. The lowest BCUT2D eigenvalue weighted by Gasteiger charge is -2.25. The molecule has 1 saturated carbocycles. The molecule has 170 valence electrons. The van der Waals surface area contributed by atoms with Gasteiger partial charge in [-0.2, -0.15) is 0 Å². The minimum absolute atomic E-state index is 0.0158. The average Bonchev–Trinajstić information content (AvgIpc) is 2.70. The highest BCUT2D eigenvalue weighted by molar-refractivity contribution is 7.89. The normalized spacial score (nSPS) is 14.9. The Balaban J connectivity index is 1.82. The van der Waals surface area contributed by atoms with Crippen molar-refractivity contribution in [2.24, 2.45) is 10.9 Å². The van der Waals surface area contributed by atoms with Crippen LogP contribution >= 0.6 is 0 Å². The minimum Gasteiger partial charge on any atom is -0.497 e. The van der Waals surface area contributed by atoms with Crippen LogP contribution in [0.2, 0.25) is 0 Å². The van der Waals surface area contributed by atoms with Gasteiger partial charge < -0.3 is 20.1 Å². The van der Waals surface area contributed by atoms with Crippen LogP contribution in [0, 0.1) is 5.92 Å². The van der Waals surface area contributed by atoms with Gasteiger partial charge in [0.05, 0.1) is 19.4 Å². The molecule has 30 heavy (non-hydrogen) atoms. The number of nitrogens with zero attached hydrogens (tertiary/aromatic N) is 1. The molecule has 1 aliphatic rings. The second-order valence-corrected chi connectivity index (χ2v) is 9.31. The van der Waals surface area contributed by atoms with Gasteiger partial charge in [0.1, 0.15) is 5.75 Å². The smallest absolute Gasteiger partial charge is 0.213 e. The highest BCUT2D eigenvalue weighted by Gasteiger charge is 2.20. The second-order valence-electron chi connectivity index (χ2n) is 7.38. The third-order valence-corrected chi connectivity index (χ3v) is 6.37. The molecule has 0 unspecified atom stereocenters. The summed E-state index contributed by atoms with van der Waals surface area (Å²) in [5.41, 5.74) is 1.04. The fourth-order valence-electron chi connectivity index (χ4n) is 2.92. The van der Waals surface area contributed by atoms with Gasteiger partial charge in [0.25, 0.3) is 0 Å². The van der Waals surface area contributed by atoms with Crippen LogP contribution in [-0.4, -0.2) is 60.1 Å². The molecular weight excluding hydrogens is 404 g/mol. The quantitative estimate of drug-likeness (QED) is 0.232. The predicted molar refractivity (Wildman–Crippen MR) is 120 cm³/mol. The summed E-state index contributed by atoms with van der Waals surface area (Å²) in [4.78, 5) is 4.58. The Morgan fingerprint density at radius 3 is 2.53 bits per heavy atom. The highest BCUT2D eigenvalue weighted by Crippen LogP contribution is 2.25. The monoisotopic (exact) mass is 440 g/mol. The van der Waals surface area contributed by atoms with Gasteiger partial charge in [-0.15, -0.1) is 0 Å². The van der Waals surface area contributed by atoms with Gasteiger partial charge in [-0.3, -0.25) is 0 Å². The maximum absolute atomic E-state index is 12.2. The van der Waals surface area contributed by atoms with Gasteiger partial charge in [0.2, 0.25) is 10.0 Å². The number of benzene rings is 1. The number of rotatable bonds is 14. The van der Waals surface area contributed by atoms with Gasteiger partial charge in [0.15, 0.2) is 5.96 Å². The summed E-state index contributed by atoms with van der Waals surface area (Å²) in [7, 11) is -1.65. The van der Waals surface area contributed by atoms with Crippen LogP contribution in [0.1, 0.15) is 38.2 Å². The van der Waals surface area contributed by atoms with Crippen molar-refractivity contribution < 1.29 is 17.9 Å². The first kappa shape index (κ1) is 24.4. The molecule has 0 amide bonds. The van der Waals surface area contributed by atoms with Crippen LogP contribution in [0.3, 0.4) is 0 Å². The van der Waals surface area contributed by atoms with E-state index in [0.717, 1.165) is 30.6 Å². The molecular formula is C21H36N4O4S. The highest BCUT2D eigenvalue weighted by atomic mass is 32.2. The molecule has 0 radical (unpaired) electrons.